The molecule has 0 bridgehead atoms. The van der Waals surface area contributed by atoms with Gasteiger partial charge >= 0.3 is 0 Å². The number of rotatable bonds is 6. The molecule has 0 saturated heterocycles. The highest BCUT2D eigenvalue weighted by Crippen LogP contribution is 2.50. The Kier molecular flexibility index (Phi) is 4.97. The average molecular weight is 428 g/mol. The number of nitrogens with zero attached hydrogens (tertiary/aromatic N) is 6. The van der Waals surface area contributed by atoms with Crippen molar-refractivity contribution in [2.45, 2.75) is 50.4 Å². The van der Waals surface area contributed by atoms with E-state index in [9.17, 15) is 10.1 Å². The summed E-state index contributed by atoms with van der Waals surface area (Å²) < 4.78 is 1.92. The fourth-order valence-electron chi connectivity index (χ4n) is 4.58. The molecular weight excluding hydrogens is 402 g/mol. The maximum atomic E-state index is 12.9. The van der Waals surface area contributed by atoms with Gasteiger partial charge in [0.05, 0.1) is 6.07 Å². The van der Waals surface area contributed by atoms with Crippen LogP contribution in [0.3, 0.4) is 0 Å². The minimum atomic E-state index is -0.236. The zero-order valence-corrected chi connectivity index (χ0v) is 18.2. The lowest BCUT2D eigenvalue weighted by atomic mass is 9.57. The Morgan fingerprint density at radius 2 is 2.09 bits per heavy atom. The van der Waals surface area contributed by atoms with Crippen LogP contribution in [-0.4, -0.2) is 30.6 Å². The number of carbonyl (C=O) groups excluding carboxylic acids is 1. The van der Waals surface area contributed by atoms with Gasteiger partial charge < -0.3 is 9.88 Å². The van der Waals surface area contributed by atoms with Crippen LogP contribution in [0.2, 0.25) is 0 Å². The fourth-order valence-corrected chi connectivity index (χ4v) is 4.58. The first kappa shape index (κ1) is 20.3. The van der Waals surface area contributed by atoms with Crippen LogP contribution in [0.25, 0.3) is 0 Å². The average Bonchev–Trinajstić information content (AvgIpc) is 3.53. The van der Waals surface area contributed by atoms with Gasteiger partial charge in [0.15, 0.2) is 0 Å². The molecule has 5 rings (SSSR count). The highest BCUT2D eigenvalue weighted by Gasteiger charge is 2.46. The van der Waals surface area contributed by atoms with Gasteiger partial charge in [0.25, 0.3) is 5.91 Å². The monoisotopic (exact) mass is 427 g/mol. The highest BCUT2D eigenvalue weighted by molar-refractivity contribution is 6.03. The van der Waals surface area contributed by atoms with Gasteiger partial charge in [-0.1, -0.05) is 12.1 Å². The van der Waals surface area contributed by atoms with Crippen LogP contribution in [0.1, 0.15) is 65.0 Å². The van der Waals surface area contributed by atoms with Gasteiger partial charge in [0, 0.05) is 42.1 Å². The minimum absolute atomic E-state index is 0.0336. The normalized spacial score (nSPS) is 22.1. The van der Waals surface area contributed by atoms with E-state index in [1.54, 1.807) is 12.4 Å². The van der Waals surface area contributed by atoms with Gasteiger partial charge in [-0.2, -0.15) is 5.26 Å². The van der Waals surface area contributed by atoms with Gasteiger partial charge in [0.2, 0.25) is 0 Å². The highest BCUT2D eigenvalue weighted by atomic mass is 16.1. The first-order valence-electron chi connectivity index (χ1n) is 11.0. The third-order valence-electron chi connectivity index (χ3n) is 6.54. The summed E-state index contributed by atoms with van der Waals surface area (Å²) in [5.74, 6) is 1.84. The van der Waals surface area contributed by atoms with E-state index >= 15 is 0 Å². The Morgan fingerprint density at radius 3 is 2.78 bits per heavy atom. The summed E-state index contributed by atoms with van der Waals surface area (Å²) in [4.78, 5) is 21.9. The topological polar surface area (TPSA) is 109 Å². The van der Waals surface area contributed by atoms with Crippen molar-refractivity contribution in [1.29, 1.82) is 5.26 Å². The van der Waals surface area contributed by atoms with Crippen LogP contribution < -0.4 is 5.32 Å². The second-order valence-electron chi connectivity index (χ2n) is 9.11. The van der Waals surface area contributed by atoms with E-state index in [1.807, 2.05) is 36.7 Å². The summed E-state index contributed by atoms with van der Waals surface area (Å²) in [6, 6.07) is 12.0. The second kappa shape index (κ2) is 7.83. The Balaban J connectivity index is 1.39. The van der Waals surface area contributed by atoms with E-state index in [1.165, 1.54) is 0 Å². The maximum Gasteiger partial charge on any atom is 0.274 e. The van der Waals surface area contributed by atoms with Crippen LogP contribution in [-0.2, 0) is 18.9 Å². The number of anilines is 1. The molecular formula is C24H25N7O. The van der Waals surface area contributed by atoms with Crippen molar-refractivity contribution in [3.05, 3.63) is 65.3 Å². The molecule has 8 nitrogen and oxygen atoms in total. The Hall–Kier alpha value is -3.60. The number of aryl methyl sites for hydroxylation is 2. The molecule has 0 unspecified atom stereocenters. The van der Waals surface area contributed by atoms with Crippen LogP contribution >= 0.6 is 0 Å². The lowest BCUT2D eigenvalue weighted by molar-refractivity contribution is 0.102. The molecule has 0 spiro atoms. The fraction of sp³-hybridized carbons (Fsp3) is 0.417. The summed E-state index contributed by atoms with van der Waals surface area (Å²) in [7, 11) is 1.93. The van der Waals surface area contributed by atoms with Crippen molar-refractivity contribution in [2.75, 3.05) is 5.32 Å². The predicted molar refractivity (Wildman–Crippen MR) is 118 cm³/mol. The van der Waals surface area contributed by atoms with Gasteiger partial charge in [-0.3, -0.25) is 4.79 Å². The molecule has 2 saturated carbocycles. The van der Waals surface area contributed by atoms with E-state index in [0.29, 0.717) is 18.0 Å². The third-order valence-corrected chi connectivity index (χ3v) is 6.54. The molecule has 0 aliphatic heterocycles. The molecule has 3 aromatic rings. The zero-order chi connectivity index (χ0) is 22.3. The third kappa shape index (κ3) is 3.86. The standard InChI is InChI=1S/C24H25N7O/c1-15-8-20(29-22(27-15)17-6-7-17)23(32)28-19-5-3-4-18(9-19)24(10-16(11-24)13-25)12-21-30-26-14-31(21)2/h3-5,8-9,14,16-17H,6-7,10-12H2,1-2H3,(H,28,32). The summed E-state index contributed by atoms with van der Waals surface area (Å²) >= 11 is 0. The van der Waals surface area contributed by atoms with Crippen molar-refractivity contribution in [2.24, 2.45) is 13.0 Å². The predicted octanol–water partition coefficient (Wildman–Crippen LogP) is 3.46. The molecule has 2 aliphatic carbocycles. The number of nitriles is 1. The first-order chi connectivity index (χ1) is 15.5. The number of hydrogen-bond donors (Lipinski definition) is 1. The zero-order valence-electron chi connectivity index (χ0n) is 18.2. The van der Waals surface area contributed by atoms with E-state index in [-0.39, 0.29) is 17.2 Å². The molecule has 32 heavy (non-hydrogen) atoms. The van der Waals surface area contributed by atoms with Crippen LogP contribution in [0.5, 0.6) is 0 Å². The number of hydrogen-bond acceptors (Lipinski definition) is 6. The lowest BCUT2D eigenvalue weighted by Gasteiger charge is -2.45. The number of amides is 1. The van der Waals surface area contributed by atoms with Crippen LogP contribution in [0.4, 0.5) is 5.69 Å². The van der Waals surface area contributed by atoms with E-state index < -0.39 is 0 Å². The number of nitrogens with one attached hydrogen (secondary N) is 1. The molecule has 162 valence electrons. The van der Waals surface area contributed by atoms with Crippen LogP contribution in [0, 0.1) is 24.2 Å². The summed E-state index contributed by atoms with van der Waals surface area (Å²) in [6.07, 6.45) is 6.11. The van der Waals surface area contributed by atoms with E-state index in [0.717, 1.165) is 54.3 Å². The molecule has 0 atom stereocenters. The molecule has 8 heteroatoms. The molecule has 1 aromatic carbocycles. The molecule has 0 radical (unpaired) electrons. The van der Waals surface area contributed by atoms with Crippen molar-refractivity contribution >= 4 is 11.6 Å². The summed E-state index contributed by atoms with van der Waals surface area (Å²) in [5, 5.41) is 20.6. The molecule has 2 fully saturated rings. The van der Waals surface area contributed by atoms with Gasteiger partial charge in [-0.25, -0.2) is 9.97 Å². The van der Waals surface area contributed by atoms with E-state index in [4.69, 9.17) is 0 Å². The number of aromatic nitrogens is 5. The molecule has 2 aromatic heterocycles. The quantitative estimate of drug-likeness (QED) is 0.645. The Labute approximate surface area is 186 Å². The Morgan fingerprint density at radius 1 is 1.28 bits per heavy atom. The summed E-state index contributed by atoms with van der Waals surface area (Å²) in [6.45, 7) is 1.89. The molecule has 1 N–H and O–H groups in total. The smallest absolute Gasteiger partial charge is 0.274 e. The SMILES string of the molecule is Cc1cc(C(=O)Nc2cccc(C3(Cc4nncn4C)CC(C#N)C3)c2)nc(C2CC2)n1. The van der Waals surface area contributed by atoms with Crippen molar-refractivity contribution in [3.63, 3.8) is 0 Å². The van der Waals surface area contributed by atoms with Crippen LogP contribution in [0.15, 0.2) is 36.7 Å². The minimum Gasteiger partial charge on any atom is -0.321 e. The van der Waals surface area contributed by atoms with Crippen molar-refractivity contribution in [1.82, 2.24) is 24.7 Å². The summed E-state index contributed by atoms with van der Waals surface area (Å²) in [5.41, 5.74) is 2.83. The lowest BCUT2D eigenvalue weighted by Crippen LogP contribution is -2.43. The number of benzene rings is 1. The molecule has 1 amide bonds. The maximum absolute atomic E-state index is 12.9. The second-order valence-corrected chi connectivity index (χ2v) is 9.11. The molecule has 2 heterocycles. The van der Waals surface area contributed by atoms with Gasteiger partial charge in [0.1, 0.15) is 23.7 Å². The Bertz CT molecular complexity index is 1220. The van der Waals surface area contributed by atoms with Crippen molar-refractivity contribution in [3.8, 4) is 6.07 Å². The first-order valence-corrected chi connectivity index (χ1v) is 11.0. The largest absolute Gasteiger partial charge is 0.321 e. The van der Waals surface area contributed by atoms with Gasteiger partial charge in [-0.15, -0.1) is 10.2 Å². The van der Waals surface area contributed by atoms with E-state index in [2.05, 4.69) is 37.6 Å². The van der Waals surface area contributed by atoms with Gasteiger partial charge in [-0.05, 0) is 56.4 Å². The molecule has 2 aliphatic rings. The van der Waals surface area contributed by atoms with Crippen molar-refractivity contribution < 1.29 is 4.79 Å². The number of carbonyl (C=O) groups is 1.